The van der Waals surface area contributed by atoms with Crippen molar-refractivity contribution in [2.45, 2.75) is 50.2 Å². The number of aliphatic hydroxyl groups excluding tert-OH is 1. The van der Waals surface area contributed by atoms with Crippen LogP contribution in [0.15, 0.2) is 41.4 Å². The van der Waals surface area contributed by atoms with E-state index in [2.05, 4.69) is 34.0 Å². The smallest absolute Gasteiger partial charge is 0.372 e. The van der Waals surface area contributed by atoms with E-state index in [1.165, 1.54) is 62.5 Å². The lowest BCUT2D eigenvalue weighted by Crippen LogP contribution is -2.42. The number of carboxylic acid groups (broad SMARTS) is 1. The number of carboxylic acids is 1. The highest BCUT2D eigenvalue weighted by atomic mass is 35.5. The van der Waals surface area contributed by atoms with E-state index >= 15 is 0 Å². The van der Waals surface area contributed by atoms with Crippen molar-refractivity contribution < 1.29 is 28.2 Å². The van der Waals surface area contributed by atoms with Crippen molar-refractivity contribution in [2.24, 2.45) is 5.73 Å². The number of nitrogens with zero attached hydrogens (tertiary/aromatic N) is 4. The van der Waals surface area contributed by atoms with Gasteiger partial charge in [0.1, 0.15) is 12.4 Å². The molecular weight excluding hydrogens is 548 g/mol. The van der Waals surface area contributed by atoms with E-state index in [1.54, 1.807) is 0 Å². The van der Waals surface area contributed by atoms with Crippen LogP contribution in [0.3, 0.4) is 0 Å². The predicted molar refractivity (Wildman–Crippen MR) is 148 cm³/mol. The number of aromatic carboxylic acids is 1. The number of rotatable bonds is 8. The molecule has 2 aromatic heterocycles. The Bertz CT molecular complexity index is 1400. The minimum absolute atomic E-state index is 0.0961. The maximum atomic E-state index is 12.3. The number of carbonyl (C=O) groups excluding carboxylic acids is 1. The maximum absolute atomic E-state index is 12.3. The average Bonchev–Trinajstić information content (AvgIpc) is 3.24. The van der Waals surface area contributed by atoms with Gasteiger partial charge in [0.2, 0.25) is 11.7 Å². The molecule has 1 aliphatic heterocycles. The third kappa shape index (κ3) is 8.19. The van der Waals surface area contributed by atoms with Crippen molar-refractivity contribution in [3.8, 4) is 0 Å². The number of benzene rings is 1. The zero-order chi connectivity index (χ0) is 28.7. The van der Waals surface area contributed by atoms with Crippen molar-refractivity contribution in [1.29, 1.82) is 0 Å². The molecule has 3 heterocycles. The first-order valence-corrected chi connectivity index (χ1v) is 14.4. The standard InChI is InChI=1S/C17H15ClN4O6S.C8H18N2/c18-10-1-4-14(19-8-10)21-15(24)9-22-13-3-2-11(29(27,28)6-5-23)7-12(13)20-16(22)17(25)26;1-7(2)10-5-3-8(9)4-6-10/h1-4,7-8,23H,5-6,9H2,(H,25,26)(H,19,21,24);7-8H,3-6,9H2,1-2H3. The normalized spacial score (nSPS) is 14.7. The molecule has 3 aromatic rings. The van der Waals surface area contributed by atoms with Crippen molar-refractivity contribution in [3.05, 3.63) is 47.4 Å². The van der Waals surface area contributed by atoms with Crippen LogP contribution in [-0.4, -0.2) is 87.5 Å². The third-order valence-corrected chi connectivity index (χ3v) is 8.15. The first-order chi connectivity index (χ1) is 18.4. The Morgan fingerprint density at radius 3 is 2.46 bits per heavy atom. The fourth-order valence-corrected chi connectivity index (χ4v) is 5.23. The van der Waals surface area contributed by atoms with Gasteiger partial charge in [0.25, 0.3) is 0 Å². The topological polar surface area (TPSA) is 181 Å². The van der Waals surface area contributed by atoms with E-state index in [1.807, 2.05) is 0 Å². The molecule has 0 spiro atoms. The second kappa shape index (κ2) is 13.3. The summed E-state index contributed by atoms with van der Waals surface area (Å²) >= 11 is 5.74. The summed E-state index contributed by atoms with van der Waals surface area (Å²) in [4.78, 5) is 34.2. The summed E-state index contributed by atoms with van der Waals surface area (Å²) in [6.45, 7) is 5.95. The number of hydrogen-bond donors (Lipinski definition) is 4. The molecule has 14 heteroatoms. The summed E-state index contributed by atoms with van der Waals surface area (Å²) in [5.74, 6) is -2.59. The van der Waals surface area contributed by atoms with Gasteiger partial charge in [-0.25, -0.2) is 23.2 Å². The number of hydrogen-bond acceptors (Lipinski definition) is 9. The molecule has 0 aliphatic carbocycles. The van der Waals surface area contributed by atoms with Crippen LogP contribution >= 0.6 is 11.6 Å². The highest BCUT2D eigenvalue weighted by molar-refractivity contribution is 7.91. The van der Waals surface area contributed by atoms with Gasteiger partial charge < -0.3 is 30.7 Å². The lowest BCUT2D eigenvalue weighted by atomic mass is 10.1. The molecule has 12 nitrogen and oxygen atoms in total. The Morgan fingerprint density at radius 2 is 1.90 bits per heavy atom. The number of likely N-dealkylation sites (tertiary alicyclic amines) is 1. The molecule has 0 bridgehead atoms. The molecule has 212 valence electrons. The molecule has 39 heavy (non-hydrogen) atoms. The van der Waals surface area contributed by atoms with Gasteiger partial charge in [-0.3, -0.25) is 4.79 Å². The van der Waals surface area contributed by atoms with Crippen molar-refractivity contribution in [2.75, 3.05) is 30.8 Å². The third-order valence-electron chi connectivity index (χ3n) is 6.23. The highest BCUT2D eigenvalue weighted by Crippen LogP contribution is 2.22. The molecule has 0 atom stereocenters. The number of fused-ring (bicyclic) bond motifs is 1. The van der Waals surface area contributed by atoms with Gasteiger partial charge in [-0.15, -0.1) is 0 Å². The Hall–Kier alpha value is -3.10. The van der Waals surface area contributed by atoms with Gasteiger partial charge >= 0.3 is 5.97 Å². The summed E-state index contributed by atoms with van der Waals surface area (Å²) in [6, 6.07) is 8.05. The lowest BCUT2D eigenvalue weighted by molar-refractivity contribution is -0.116. The van der Waals surface area contributed by atoms with E-state index in [9.17, 15) is 23.1 Å². The molecule has 0 unspecified atom stereocenters. The number of piperidine rings is 1. The van der Waals surface area contributed by atoms with Crippen LogP contribution in [-0.2, 0) is 21.2 Å². The van der Waals surface area contributed by atoms with Gasteiger partial charge in [-0.05, 0) is 70.1 Å². The van der Waals surface area contributed by atoms with Gasteiger partial charge in [0.15, 0.2) is 9.84 Å². The second-order valence-corrected chi connectivity index (χ2v) is 11.9. The Morgan fingerprint density at radius 1 is 1.21 bits per heavy atom. The summed E-state index contributed by atoms with van der Waals surface area (Å²) < 4.78 is 25.4. The fourth-order valence-electron chi connectivity index (χ4n) is 4.08. The predicted octanol–water partition coefficient (Wildman–Crippen LogP) is 2.01. The molecule has 1 fully saturated rings. The number of aliphatic hydroxyl groups is 1. The zero-order valence-electron chi connectivity index (χ0n) is 21.7. The molecule has 1 aliphatic rings. The number of pyridine rings is 1. The Kier molecular flexibility index (Phi) is 10.4. The SMILES string of the molecule is CC(C)N1CCC(N)CC1.O=C(Cn1c(C(=O)O)nc2cc(S(=O)(=O)CCO)ccc21)Nc1ccc(Cl)cn1. The highest BCUT2D eigenvalue weighted by Gasteiger charge is 2.22. The van der Waals surface area contributed by atoms with Crippen LogP contribution in [0.4, 0.5) is 5.82 Å². The fraction of sp³-hybridized carbons (Fsp3) is 0.440. The lowest BCUT2D eigenvalue weighted by Gasteiger charge is -2.32. The van der Waals surface area contributed by atoms with Crippen LogP contribution in [0.25, 0.3) is 11.0 Å². The number of halogens is 1. The van der Waals surface area contributed by atoms with Crippen LogP contribution in [0.2, 0.25) is 5.02 Å². The van der Waals surface area contributed by atoms with Crippen LogP contribution in [0, 0.1) is 0 Å². The number of amides is 1. The molecular formula is C25H33ClN6O6S. The number of nitrogens with one attached hydrogen (secondary N) is 1. The van der Waals surface area contributed by atoms with Crippen molar-refractivity contribution in [3.63, 3.8) is 0 Å². The van der Waals surface area contributed by atoms with Gasteiger partial charge in [0.05, 0.1) is 33.3 Å². The molecule has 5 N–H and O–H groups in total. The van der Waals surface area contributed by atoms with E-state index in [0.29, 0.717) is 17.1 Å². The van der Waals surface area contributed by atoms with Crippen LogP contribution in [0.1, 0.15) is 37.3 Å². The molecule has 1 aromatic carbocycles. The first kappa shape index (κ1) is 30.4. The van der Waals surface area contributed by atoms with Crippen LogP contribution in [0.5, 0.6) is 0 Å². The van der Waals surface area contributed by atoms with E-state index in [4.69, 9.17) is 22.4 Å². The number of anilines is 1. The van der Waals surface area contributed by atoms with Gasteiger partial charge in [0, 0.05) is 18.3 Å². The van der Waals surface area contributed by atoms with E-state index < -0.39 is 39.9 Å². The van der Waals surface area contributed by atoms with Crippen molar-refractivity contribution >= 4 is 50.2 Å². The van der Waals surface area contributed by atoms with E-state index in [-0.39, 0.29) is 28.3 Å². The minimum Gasteiger partial charge on any atom is -0.475 e. The Labute approximate surface area is 231 Å². The van der Waals surface area contributed by atoms with Crippen molar-refractivity contribution in [1.82, 2.24) is 19.4 Å². The number of nitrogens with two attached hydrogens (primary N) is 1. The summed E-state index contributed by atoms with van der Waals surface area (Å²) in [6.07, 6.45) is 3.71. The number of sulfone groups is 1. The largest absolute Gasteiger partial charge is 0.475 e. The maximum Gasteiger partial charge on any atom is 0.372 e. The molecule has 0 saturated carbocycles. The summed E-state index contributed by atoms with van der Waals surface area (Å²) in [5.41, 5.74) is 6.13. The molecule has 1 saturated heterocycles. The average molecular weight is 581 g/mol. The molecule has 0 radical (unpaired) electrons. The summed E-state index contributed by atoms with van der Waals surface area (Å²) in [5, 5.41) is 21.2. The number of aromatic nitrogens is 3. The minimum atomic E-state index is -3.74. The van der Waals surface area contributed by atoms with E-state index in [0.717, 1.165) is 4.57 Å². The second-order valence-electron chi connectivity index (χ2n) is 9.40. The quantitative estimate of drug-likeness (QED) is 0.307. The number of imidazole rings is 1. The number of carbonyl (C=O) groups is 2. The van der Waals surface area contributed by atoms with Crippen LogP contribution < -0.4 is 11.1 Å². The summed E-state index contributed by atoms with van der Waals surface area (Å²) in [7, 11) is -3.74. The molecule has 4 rings (SSSR count). The van der Waals surface area contributed by atoms with Gasteiger partial charge in [-0.1, -0.05) is 11.6 Å². The molecule has 1 amide bonds. The zero-order valence-corrected chi connectivity index (χ0v) is 23.3. The first-order valence-electron chi connectivity index (χ1n) is 12.4. The monoisotopic (exact) mass is 580 g/mol. The van der Waals surface area contributed by atoms with Gasteiger partial charge in [-0.2, -0.15) is 0 Å². The Balaban J connectivity index is 0.000000353.